The number of piperidine rings is 1. The highest BCUT2D eigenvalue weighted by Crippen LogP contribution is 2.26. The van der Waals surface area contributed by atoms with Gasteiger partial charge in [-0.25, -0.2) is 0 Å². The van der Waals surface area contributed by atoms with Crippen molar-refractivity contribution in [2.24, 2.45) is 0 Å². The van der Waals surface area contributed by atoms with Crippen molar-refractivity contribution in [3.05, 3.63) is 40.9 Å². The maximum Gasteiger partial charge on any atom is 0.222 e. The third-order valence-corrected chi connectivity index (χ3v) is 3.95. The lowest BCUT2D eigenvalue weighted by Crippen LogP contribution is -2.35. The van der Waals surface area contributed by atoms with Crippen LogP contribution < -0.4 is 10.1 Å². The molecule has 2 aromatic carbocycles. The molecule has 5 heteroatoms. The third-order valence-electron chi connectivity index (χ3n) is 3.26. The first-order valence-corrected chi connectivity index (χ1v) is 8.56. The Kier molecular flexibility index (Phi) is 8.66. The first kappa shape index (κ1) is 19.5. The number of halogens is 1. The Bertz CT molecular complexity index is 631. The summed E-state index contributed by atoms with van der Waals surface area (Å²) < 4.78 is 6.27. The summed E-state index contributed by atoms with van der Waals surface area (Å²) in [6.07, 6.45) is 0.579. The zero-order valence-corrected chi connectivity index (χ0v) is 15.4. The van der Waals surface area contributed by atoms with Crippen molar-refractivity contribution in [2.45, 2.75) is 32.8 Å². The number of hydrogen-bond donors (Lipinski definition) is 2. The Labute approximate surface area is 146 Å². The van der Waals surface area contributed by atoms with E-state index in [1.807, 2.05) is 38.1 Å². The van der Waals surface area contributed by atoms with Crippen LogP contribution in [0.15, 0.2) is 40.9 Å². The zero-order chi connectivity index (χ0) is 17.2. The number of aliphatic hydroxyl groups excluding tert-OH is 1. The van der Waals surface area contributed by atoms with Gasteiger partial charge in [0.05, 0.1) is 19.6 Å². The van der Waals surface area contributed by atoms with E-state index in [2.05, 4.69) is 33.4 Å². The minimum Gasteiger partial charge on any atom is -0.497 e. The summed E-state index contributed by atoms with van der Waals surface area (Å²) in [5.74, 6) is 0.856. The van der Waals surface area contributed by atoms with Crippen LogP contribution >= 0.6 is 15.9 Å². The van der Waals surface area contributed by atoms with Gasteiger partial charge >= 0.3 is 0 Å². The molecule has 1 amide bonds. The van der Waals surface area contributed by atoms with Crippen molar-refractivity contribution in [3.63, 3.8) is 0 Å². The second-order valence-corrected chi connectivity index (χ2v) is 5.68. The Balaban J connectivity index is 0.000000228. The Hall–Kier alpha value is -1.59. The predicted octanol–water partition coefficient (Wildman–Crippen LogP) is 3.89. The van der Waals surface area contributed by atoms with Crippen LogP contribution in [0.2, 0.25) is 0 Å². The van der Waals surface area contributed by atoms with Crippen LogP contribution in [0.5, 0.6) is 5.75 Å². The quantitative estimate of drug-likeness (QED) is 0.787. The largest absolute Gasteiger partial charge is 0.497 e. The molecular weight excluding hydrogens is 358 g/mol. The summed E-state index contributed by atoms with van der Waals surface area (Å²) in [5.41, 5.74) is 0. The molecule has 0 bridgehead atoms. The number of aliphatic hydroxyl groups is 1. The summed E-state index contributed by atoms with van der Waals surface area (Å²) in [6.45, 7) is 4.62. The molecular formula is C18H24BrNO3. The molecule has 0 aromatic heterocycles. The summed E-state index contributed by atoms with van der Waals surface area (Å²) in [4.78, 5) is 10.4. The number of amides is 1. The van der Waals surface area contributed by atoms with Crippen molar-refractivity contribution < 1.29 is 14.6 Å². The SMILES string of the molecule is CC.COc1ccc2c(Br)cccc2c1.O=C1CC(O)CCN1. The van der Waals surface area contributed by atoms with Gasteiger partial charge in [0.1, 0.15) is 5.75 Å². The van der Waals surface area contributed by atoms with E-state index in [0.29, 0.717) is 13.0 Å². The van der Waals surface area contributed by atoms with Gasteiger partial charge in [0.15, 0.2) is 0 Å². The predicted molar refractivity (Wildman–Crippen MR) is 97.8 cm³/mol. The molecule has 1 aliphatic heterocycles. The van der Waals surface area contributed by atoms with E-state index in [-0.39, 0.29) is 12.3 Å². The van der Waals surface area contributed by atoms with E-state index in [4.69, 9.17) is 9.84 Å². The van der Waals surface area contributed by atoms with Gasteiger partial charge in [-0.2, -0.15) is 0 Å². The number of hydrogen-bond acceptors (Lipinski definition) is 3. The smallest absolute Gasteiger partial charge is 0.222 e. The number of carbonyl (C=O) groups excluding carboxylic acids is 1. The molecule has 0 saturated carbocycles. The molecule has 3 rings (SSSR count). The van der Waals surface area contributed by atoms with Gasteiger partial charge in [-0.1, -0.05) is 41.9 Å². The van der Waals surface area contributed by atoms with Crippen LogP contribution in [0.4, 0.5) is 0 Å². The molecule has 1 saturated heterocycles. The third kappa shape index (κ3) is 6.20. The molecule has 1 unspecified atom stereocenters. The van der Waals surface area contributed by atoms with E-state index < -0.39 is 6.10 Å². The Morgan fingerprint density at radius 2 is 2.00 bits per heavy atom. The van der Waals surface area contributed by atoms with E-state index in [1.165, 1.54) is 10.8 Å². The van der Waals surface area contributed by atoms with Crippen molar-refractivity contribution in [1.29, 1.82) is 0 Å². The molecule has 1 atom stereocenters. The molecule has 126 valence electrons. The number of ether oxygens (including phenoxy) is 1. The lowest BCUT2D eigenvalue weighted by molar-refractivity contribution is -0.124. The fourth-order valence-electron chi connectivity index (χ4n) is 2.12. The molecule has 23 heavy (non-hydrogen) atoms. The highest BCUT2D eigenvalue weighted by Gasteiger charge is 2.14. The maximum absolute atomic E-state index is 10.4. The maximum atomic E-state index is 10.4. The number of benzene rings is 2. The molecule has 0 radical (unpaired) electrons. The van der Waals surface area contributed by atoms with Gasteiger partial charge in [-0.05, 0) is 41.5 Å². The Morgan fingerprint density at radius 3 is 2.57 bits per heavy atom. The number of carbonyl (C=O) groups is 1. The second-order valence-electron chi connectivity index (χ2n) is 4.82. The zero-order valence-electron chi connectivity index (χ0n) is 13.8. The van der Waals surface area contributed by atoms with Gasteiger partial charge in [-0.3, -0.25) is 4.79 Å². The number of rotatable bonds is 1. The van der Waals surface area contributed by atoms with E-state index >= 15 is 0 Å². The van der Waals surface area contributed by atoms with Crippen molar-refractivity contribution >= 4 is 32.6 Å². The minimum atomic E-state index is -0.399. The lowest BCUT2D eigenvalue weighted by Gasteiger charge is -2.15. The van der Waals surface area contributed by atoms with Crippen molar-refractivity contribution in [3.8, 4) is 5.75 Å². The van der Waals surface area contributed by atoms with E-state index in [9.17, 15) is 4.79 Å². The van der Waals surface area contributed by atoms with Gasteiger partial charge in [0.2, 0.25) is 5.91 Å². The van der Waals surface area contributed by atoms with Gasteiger partial charge < -0.3 is 15.2 Å². The number of nitrogens with one attached hydrogen (secondary N) is 1. The fourth-order valence-corrected chi connectivity index (χ4v) is 2.63. The molecule has 1 aliphatic rings. The molecule has 4 nitrogen and oxygen atoms in total. The molecule has 0 spiro atoms. The van der Waals surface area contributed by atoms with Crippen LogP contribution in [-0.4, -0.2) is 30.8 Å². The monoisotopic (exact) mass is 381 g/mol. The van der Waals surface area contributed by atoms with Gasteiger partial charge in [0, 0.05) is 11.0 Å². The normalized spacial score (nSPS) is 16.4. The molecule has 1 heterocycles. The van der Waals surface area contributed by atoms with E-state index in [0.717, 1.165) is 10.2 Å². The first-order valence-electron chi connectivity index (χ1n) is 7.77. The Morgan fingerprint density at radius 1 is 1.26 bits per heavy atom. The number of fused-ring (bicyclic) bond motifs is 1. The number of methoxy groups -OCH3 is 1. The second kappa shape index (κ2) is 10.2. The van der Waals surface area contributed by atoms with E-state index in [1.54, 1.807) is 7.11 Å². The standard InChI is InChI=1S/C11H9BrO.C5H9NO2.C2H6/c1-13-9-5-6-10-8(7-9)3-2-4-11(10)12;7-4-1-2-6-5(8)3-4;1-2/h2-7H,1H3;4,7H,1-3H2,(H,6,8);1-2H3. The van der Waals surface area contributed by atoms with Crippen molar-refractivity contribution in [1.82, 2.24) is 5.32 Å². The highest BCUT2D eigenvalue weighted by molar-refractivity contribution is 9.10. The average Bonchev–Trinajstić information content (AvgIpc) is 2.57. The topological polar surface area (TPSA) is 58.6 Å². The summed E-state index contributed by atoms with van der Waals surface area (Å²) in [7, 11) is 1.68. The van der Waals surface area contributed by atoms with Crippen LogP contribution in [0.3, 0.4) is 0 Å². The molecule has 1 fully saturated rings. The molecule has 2 aromatic rings. The van der Waals surface area contributed by atoms with Crippen LogP contribution in [0.1, 0.15) is 26.7 Å². The summed E-state index contributed by atoms with van der Waals surface area (Å²) in [6, 6.07) is 12.2. The van der Waals surface area contributed by atoms with Crippen molar-refractivity contribution in [2.75, 3.05) is 13.7 Å². The summed E-state index contributed by atoms with van der Waals surface area (Å²) >= 11 is 3.50. The molecule has 2 N–H and O–H groups in total. The van der Waals surface area contributed by atoms with Gasteiger partial charge in [-0.15, -0.1) is 0 Å². The fraction of sp³-hybridized carbons (Fsp3) is 0.389. The molecule has 0 aliphatic carbocycles. The highest BCUT2D eigenvalue weighted by atomic mass is 79.9. The van der Waals surface area contributed by atoms with Gasteiger partial charge in [0.25, 0.3) is 0 Å². The first-order chi connectivity index (χ1) is 11.1. The van der Waals surface area contributed by atoms with Crippen LogP contribution in [-0.2, 0) is 4.79 Å². The van der Waals surface area contributed by atoms with Crippen LogP contribution in [0.25, 0.3) is 10.8 Å². The summed E-state index contributed by atoms with van der Waals surface area (Å²) in [5, 5.41) is 13.8. The minimum absolute atomic E-state index is 0.0382. The lowest BCUT2D eigenvalue weighted by atomic mass is 10.1. The van der Waals surface area contributed by atoms with Crippen LogP contribution in [0, 0.1) is 0 Å². The average molecular weight is 382 g/mol.